The van der Waals surface area contributed by atoms with Crippen LogP contribution in [-0.4, -0.2) is 66.2 Å². The molecule has 0 unspecified atom stereocenters. The molecule has 0 bridgehead atoms. The summed E-state index contributed by atoms with van der Waals surface area (Å²) in [6, 6.07) is 8.71. The minimum atomic E-state index is 0.251. The van der Waals surface area contributed by atoms with Crippen molar-refractivity contribution in [3.63, 3.8) is 0 Å². The van der Waals surface area contributed by atoms with E-state index in [9.17, 15) is 0 Å². The van der Waals surface area contributed by atoms with Crippen molar-refractivity contribution in [2.24, 2.45) is 0 Å². The largest absolute Gasteiger partial charge is 0.497 e. The molecular weight excluding hydrogens is 368 g/mol. The molecule has 1 aromatic heterocycles. The fraction of sp³-hybridized carbons (Fsp3) is 0.667. The van der Waals surface area contributed by atoms with E-state index in [1.165, 1.54) is 5.69 Å². The van der Waals surface area contributed by atoms with Gasteiger partial charge in [0.1, 0.15) is 11.8 Å². The van der Waals surface area contributed by atoms with Gasteiger partial charge < -0.3 is 19.3 Å². The van der Waals surface area contributed by atoms with Gasteiger partial charge in [-0.15, -0.1) is 5.10 Å². The van der Waals surface area contributed by atoms with Gasteiger partial charge in [0.15, 0.2) is 0 Å². The van der Waals surface area contributed by atoms with Crippen LogP contribution in [0, 0.1) is 0 Å². The Bertz CT molecular complexity index is 751. The highest BCUT2D eigenvalue weighted by Gasteiger charge is 2.33. The Hall–Kier alpha value is -2.19. The number of anilines is 1. The van der Waals surface area contributed by atoms with Gasteiger partial charge in [0.2, 0.25) is 5.82 Å². The van der Waals surface area contributed by atoms with E-state index in [0.717, 1.165) is 76.6 Å². The van der Waals surface area contributed by atoms with Crippen LogP contribution in [0.2, 0.25) is 0 Å². The highest BCUT2D eigenvalue weighted by atomic mass is 16.5. The molecular formula is C21H33N6O2+. The highest BCUT2D eigenvalue weighted by molar-refractivity contribution is 5.49. The van der Waals surface area contributed by atoms with E-state index in [-0.39, 0.29) is 6.10 Å². The van der Waals surface area contributed by atoms with Crippen LogP contribution in [0.25, 0.3) is 0 Å². The standard InChI is InChI=1S/C21H32N6O2/c1-3-5-20(21-22-23-24-27(21)16-19-6-4-15-29-19)26-13-11-25(12-14-26)17-7-9-18(28-2)10-8-17/h7-10,19-20H,3-6,11-16H2,1-2H3/p+1/t19-,20+/m1/s1. The van der Waals surface area contributed by atoms with Gasteiger partial charge in [-0.3, -0.25) is 0 Å². The number of nitrogens with one attached hydrogen (secondary N) is 1. The maximum absolute atomic E-state index is 5.81. The number of quaternary nitrogens is 1. The molecule has 1 aromatic carbocycles. The lowest BCUT2D eigenvalue weighted by molar-refractivity contribution is -0.933. The highest BCUT2D eigenvalue weighted by Crippen LogP contribution is 2.20. The van der Waals surface area contributed by atoms with Crippen LogP contribution in [0.1, 0.15) is 44.5 Å². The summed E-state index contributed by atoms with van der Waals surface area (Å²) in [5.41, 5.74) is 1.26. The number of nitrogens with zero attached hydrogens (tertiary/aromatic N) is 5. The molecule has 0 amide bonds. The van der Waals surface area contributed by atoms with Crippen molar-refractivity contribution in [2.75, 3.05) is 44.8 Å². The van der Waals surface area contributed by atoms with Gasteiger partial charge in [0.05, 0.1) is 45.9 Å². The number of methoxy groups -OCH3 is 1. The summed E-state index contributed by atoms with van der Waals surface area (Å²) in [5, 5.41) is 12.8. The first kappa shape index (κ1) is 20.1. The molecule has 2 aliphatic heterocycles. The van der Waals surface area contributed by atoms with Crippen molar-refractivity contribution in [3.8, 4) is 5.75 Å². The number of piperazine rings is 1. The van der Waals surface area contributed by atoms with E-state index in [0.29, 0.717) is 6.04 Å². The topological polar surface area (TPSA) is 69.7 Å². The summed E-state index contributed by atoms with van der Waals surface area (Å²) >= 11 is 0. The summed E-state index contributed by atoms with van der Waals surface area (Å²) in [6.45, 7) is 8.12. The van der Waals surface area contributed by atoms with Crippen molar-refractivity contribution >= 4 is 5.69 Å². The van der Waals surface area contributed by atoms with E-state index in [2.05, 4.69) is 39.5 Å². The van der Waals surface area contributed by atoms with Gasteiger partial charge in [0.25, 0.3) is 0 Å². The first-order valence-electron chi connectivity index (χ1n) is 10.9. The van der Waals surface area contributed by atoms with Crippen molar-refractivity contribution < 1.29 is 14.4 Å². The fourth-order valence-electron chi connectivity index (χ4n) is 4.57. The summed E-state index contributed by atoms with van der Waals surface area (Å²) in [5.74, 6) is 1.93. The second kappa shape index (κ2) is 9.54. The molecule has 158 valence electrons. The second-order valence-corrected chi connectivity index (χ2v) is 8.04. The molecule has 0 saturated carbocycles. The van der Waals surface area contributed by atoms with Crippen LogP contribution in [-0.2, 0) is 11.3 Å². The van der Waals surface area contributed by atoms with Crippen LogP contribution in [0.4, 0.5) is 5.69 Å². The first-order chi connectivity index (χ1) is 14.3. The third-order valence-electron chi connectivity index (χ3n) is 6.19. The number of benzene rings is 1. The van der Waals surface area contributed by atoms with Crippen molar-refractivity contribution in [1.29, 1.82) is 0 Å². The van der Waals surface area contributed by atoms with E-state index >= 15 is 0 Å². The van der Waals surface area contributed by atoms with Crippen LogP contribution >= 0.6 is 0 Å². The normalized spacial score (nSPS) is 21.4. The molecule has 2 atom stereocenters. The lowest BCUT2D eigenvalue weighted by Gasteiger charge is -2.37. The predicted octanol–water partition coefficient (Wildman–Crippen LogP) is 1.11. The molecule has 2 fully saturated rings. The molecule has 0 spiro atoms. The van der Waals surface area contributed by atoms with E-state index < -0.39 is 0 Å². The summed E-state index contributed by atoms with van der Waals surface area (Å²) in [7, 11) is 1.71. The molecule has 2 aliphatic rings. The van der Waals surface area contributed by atoms with Crippen LogP contribution in [0.5, 0.6) is 5.75 Å². The molecule has 0 aliphatic carbocycles. The second-order valence-electron chi connectivity index (χ2n) is 8.04. The van der Waals surface area contributed by atoms with Gasteiger partial charge in [0, 0.05) is 18.7 Å². The van der Waals surface area contributed by atoms with Gasteiger partial charge in [-0.05, 0) is 47.5 Å². The lowest BCUT2D eigenvalue weighted by Crippen LogP contribution is -3.15. The molecule has 0 radical (unpaired) electrons. The number of hydrogen-bond donors (Lipinski definition) is 1. The van der Waals surface area contributed by atoms with E-state index in [1.54, 1.807) is 12.0 Å². The van der Waals surface area contributed by atoms with Gasteiger partial charge >= 0.3 is 0 Å². The first-order valence-corrected chi connectivity index (χ1v) is 10.9. The molecule has 4 rings (SSSR count). The number of ether oxygens (including phenoxy) is 2. The third-order valence-corrected chi connectivity index (χ3v) is 6.19. The van der Waals surface area contributed by atoms with Gasteiger partial charge in [-0.1, -0.05) is 13.3 Å². The van der Waals surface area contributed by atoms with Gasteiger partial charge in [-0.2, -0.15) is 0 Å². The zero-order chi connectivity index (χ0) is 20.1. The zero-order valence-corrected chi connectivity index (χ0v) is 17.6. The average Bonchev–Trinajstić information content (AvgIpc) is 3.45. The lowest BCUT2D eigenvalue weighted by atomic mass is 10.1. The monoisotopic (exact) mass is 401 g/mol. The third kappa shape index (κ3) is 4.70. The Balaban J connectivity index is 1.41. The maximum atomic E-state index is 5.81. The Labute approximate surface area is 172 Å². The quantitative estimate of drug-likeness (QED) is 0.715. The summed E-state index contributed by atoms with van der Waals surface area (Å²) in [6.07, 6.45) is 4.72. The Morgan fingerprint density at radius 3 is 2.69 bits per heavy atom. The predicted molar refractivity (Wildman–Crippen MR) is 110 cm³/mol. The minimum Gasteiger partial charge on any atom is -0.497 e. The smallest absolute Gasteiger partial charge is 0.209 e. The fourth-order valence-corrected chi connectivity index (χ4v) is 4.57. The van der Waals surface area contributed by atoms with Crippen molar-refractivity contribution in [2.45, 2.75) is 51.3 Å². The van der Waals surface area contributed by atoms with Gasteiger partial charge in [-0.25, -0.2) is 4.68 Å². The van der Waals surface area contributed by atoms with Crippen LogP contribution < -0.4 is 14.5 Å². The van der Waals surface area contributed by atoms with Crippen molar-refractivity contribution in [1.82, 2.24) is 20.2 Å². The number of rotatable bonds is 8. The molecule has 8 heteroatoms. The maximum Gasteiger partial charge on any atom is 0.209 e. The number of hydrogen-bond acceptors (Lipinski definition) is 6. The summed E-state index contributed by atoms with van der Waals surface area (Å²) < 4.78 is 13.1. The SMILES string of the molecule is CCC[C@@H](c1nnnn1C[C@H]1CCCO1)[NH+]1CCN(c2ccc(OC)cc2)CC1. The number of tetrazole rings is 1. The molecule has 2 saturated heterocycles. The van der Waals surface area contributed by atoms with Crippen LogP contribution in [0.15, 0.2) is 24.3 Å². The van der Waals surface area contributed by atoms with Crippen LogP contribution in [0.3, 0.4) is 0 Å². The van der Waals surface area contributed by atoms with E-state index in [1.807, 2.05) is 16.8 Å². The Kier molecular flexibility index (Phi) is 6.61. The Morgan fingerprint density at radius 1 is 1.24 bits per heavy atom. The minimum absolute atomic E-state index is 0.251. The molecule has 3 heterocycles. The van der Waals surface area contributed by atoms with E-state index in [4.69, 9.17) is 9.47 Å². The van der Waals surface area contributed by atoms with Crippen molar-refractivity contribution in [3.05, 3.63) is 30.1 Å². The molecule has 1 N–H and O–H groups in total. The molecule has 29 heavy (non-hydrogen) atoms. The summed E-state index contributed by atoms with van der Waals surface area (Å²) in [4.78, 5) is 4.04. The Morgan fingerprint density at radius 2 is 2.03 bits per heavy atom. The average molecular weight is 402 g/mol. The zero-order valence-electron chi connectivity index (χ0n) is 17.6. The molecule has 8 nitrogen and oxygen atoms in total. The molecule has 2 aromatic rings. The number of aromatic nitrogens is 4.